The van der Waals surface area contributed by atoms with Gasteiger partial charge >= 0.3 is 12.1 Å². The number of nitrogens with zero attached hydrogens (tertiary/aromatic N) is 1. The van der Waals surface area contributed by atoms with E-state index >= 15 is 0 Å². The van der Waals surface area contributed by atoms with Gasteiger partial charge in [0.1, 0.15) is 17.9 Å². The van der Waals surface area contributed by atoms with Crippen LogP contribution in [0.3, 0.4) is 0 Å². The zero-order valence-electron chi connectivity index (χ0n) is 17.4. The first kappa shape index (κ1) is 23.1. The molecule has 0 fully saturated rings. The number of hydrogen-bond acceptors (Lipinski definition) is 4. The van der Waals surface area contributed by atoms with Crippen LogP contribution in [-0.4, -0.2) is 27.5 Å². The number of amides is 1. The van der Waals surface area contributed by atoms with Crippen LogP contribution in [0.25, 0.3) is 10.8 Å². The van der Waals surface area contributed by atoms with Crippen LogP contribution in [0.2, 0.25) is 0 Å². The summed E-state index contributed by atoms with van der Waals surface area (Å²) in [6, 6.07) is 11.1. The number of benzene rings is 2. The topological polar surface area (TPSA) is 88.5 Å². The molecule has 9 heteroatoms. The monoisotopic (exact) mass is 446 g/mol. The van der Waals surface area contributed by atoms with E-state index in [1.807, 2.05) is 0 Å². The number of carboxylic acids is 1. The molecule has 0 bridgehead atoms. The minimum atomic E-state index is -4.55. The van der Waals surface area contributed by atoms with Crippen molar-refractivity contribution in [3.05, 3.63) is 71.5 Å². The summed E-state index contributed by atoms with van der Waals surface area (Å²) < 4.78 is 44.8. The molecule has 3 aromatic rings. The second-order valence-corrected chi connectivity index (χ2v) is 7.48. The molecular weight excluding hydrogens is 425 g/mol. The number of fused-ring (bicyclic) bond motifs is 1. The number of hydrogen-bond donors (Lipinski definition) is 2. The largest absolute Gasteiger partial charge is 0.487 e. The Morgan fingerprint density at radius 3 is 2.50 bits per heavy atom. The number of carbonyl (C=O) groups excluding carboxylic acids is 1. The molecule has 2 aromatic carbocycles. The van der Waals surface area contributed by atoms with Crippen molar-refractivity contribution in [1.82, 2.24) is 10.3 Å². The average molecular weight is 446 g/mol. The molecular formula is C23H21F3N2O4. The van der Waals surface area contributed by atoms with Crippen molar-refractivity contribution < 1.29 is 32.6 Å². The molecule has 32 heavy (non-hydrogen) atoms. The van der Waals surface area contributed by atoms with Gasteiger partial charge in [0, 0.05) is 23.3 Å². The third-order valence-electron chi connectivity index (χ3n) is 5.20. The lowest BCUT2D eigenvalue weighted by Crippen LogP contribution is -2.51. The number of halogens is 3. The molecule has 3 rings (SSSR count). The molecule has 0 saturated carbocycles. The Bertz CT molecular complexity index is 1160. The summed E-state index contributed by atoms with van der Waals surface area (Å²) in [5, 5.41) is 13.3. The number of carboxylic acid groups (broad SMARTS) is 1. The highest BCUT2D eigenvalue weighted by Gasteiger charge is 2.34. The molecule has 0 spiro atoms. The highest BCUT2D eigenvalue weighted by Crippen LogP contribution is 2.32. The van der Waals surface area contributed by atoms with E-state index in [2.05, 4.69) is 10.3 Å². The summed E-state index contributed by atoms with van der Waals surface area (Å²) in [7, 11) is 0. The molecule has 6 nitrogen and oxygen atoms in total. The smallest absolute Gasteiger partial charge is 0.417 e. The van der Waals surface area contributed by atoms with E-state index in [-0.39, 0.29) is 29.9 Å². The summed E-state index contributed by atoms with van der Waals surface area (Å²) in [5.41, 5.74) is -2.16. The lowest BCUT2D eigenvalue weighted by molar-refractivity contribution is -0.144. The van der Waals surface area contributed by atoms with E-state index in [9.17, 15) is 27.9 Å². The van der Waals surface area contributed by atoms with Crippen LogP contribution in [0.1, 0.15) is 41.8 Å². The number of aromatic nitrogens is 1. The maximum atomic E-state index is 13.0. The van der Waals surface area contributed by atoms with Crippen LogP contribution >= 0.6 is 0 Å². The molecule has 0 aliphatic carbocycles. The molecule has 168 valence electrons. The van der Waals surface area contributed by atoms with Crippen molar-refractivity contribution in [2.75, 3.05) is 0 Å². The number of rotatable bonds is 7. The molecule has 1 aromatic heterocycles. The van der Waals surface area contributed by atoms with Crippen LogP contribution in [-0.2, 0) is 17.6 Å². The number of ether oxygens (including phenoxy) is 1. The number of alkyl halides is 3. The van der Waals surface area contributed by atoms with Gasteiger partial charge in [0.2, 0.25) is 0 Å². The van der Waals surface area contributed by atoms with Gasteiger partial charge in [-0.05, 0) is 30.9 Å². The normalized spacial score (nSPS) is 13.4. The minimum absolute atomic E-state index is 0.0737. The van der Waals surface area contributed by atoms with Gasteiger partial charge in [0.15, 0.2) is 0 Å². The molecule has 1 amide bonds. The van der Waals surface area contributed by atoms with E-state index in [0.717, 1.165) is 17.6 Å². The Labute approximate surface area is 182 Å². The number of nitrogens with one attached hydrogen (secondary N) is 1. The van der Waals surface area contributed by atoms with E-state index in [1.165, 1.54) is 19.2 Å². The van der Waals surface area contributed by atoms with Crippen molar-refractivity contribution in [2.24, 2.45) is 0 Å². The average Bonchev–Trinajstić information content (AvgIpc) is 2.76. The quantitative estimate of drug-likeness (QED) is 0.544. The van der Waals surface area contributed by atoms with Gasteiger partial charge in [0.25, 0.3) is 5.91 Å². The number of pyridine rings is 1. The zero-order valence-corrected chi connectivity index (χ0v) is 17.4. The lowest BCUT2D eigenvalue weighted by Gasteiger charge is -2.25. The maximum absolute atomic E-state index is 13.0. The van der Waals surface area contributed by atoms with Gasteiger partial charge < -0.3 is 15.2 Å². The molecule has 0 aliphatic rings. The van der Waals surface area contributed by atoms with Crippen LogP contribution in [0.5, 0.6) is 5.75 Å². The first-order chi connectivity index (χ1) is 15.0. The fourth-order valence-corrected chi connectivity index (χ4v) is 3.07. The summed E-state index contributed by atoms with van der Waals surface area (Å²) in [4.78, 5) is 28.2. The van der Waals surface area contributed by atoms with Gasteiger partial charge in [-0.2, -0.15) is 13.2 Å². The fourth-order valence-electron chi connectivity index (χ4n) is 3.07. The maximum Gasteiger partial charge on any atom is 0.417 e. The number of aliphatic carboxylic acids is 1. The van der Waals surface area contributed by atoms with Crippen molar-refractivity contribution in [3.8, 4) is 5.75 Å². The summed E-state index contributed by atoms with van der Waals surface area (Å²) >= 11 is 0. The Morgan fingerprint density at radius 2 is 1.84 bits per heavy atom. The van der Waals surface area contributed by atoms with Crippen LogP contribution in [0.4, 0.5) is 13.2 Å². The van der Waals surface area contributed by atoms with Crippen LogP contribution < -0.4 is 10.1 Å². The third kappa shape index (κ3) is 4.82. The molecule has 1 heterocycles. The Balaban J connectivity index is 1.98. The Morgan fingerprint density at radius 1 is 1.12 bits per heavy atom. The zero-order chi connectivity index (χ0) is 23.5. The second kappa shape index (κ2) is 8.86. The van der Waals surface area contributed by atoms with Gasteiger partial charge in [-0.3, -0.25) is 9.78 Å². The lowest BCUT2D eigenvalue weighted by atomic mass is 9.97. The summed E-state index contributed by atoms with van der Waals surface area (Å²) in [6.07, 6.45) is -2.43. The molecule has 2 N–H and O–H groups in total. The highest BCUT2D eigenvalue weighted by atomic mass is 19.4. The molecule has 0 aliphatic heterocycles. The second-order valence-electron chi connectivity index (χ2n) is 7.48. The van der Waals surface area contributed by atoms with Crippen molar-refractivity contribution in [2.45, 2.75) is 38.6 Å². The highest BCUT2D eigenvalue weighted by molar-refractivity contribution is 6.05. The van der Waals surface area contributed by atoms with Crippen LogP contribution in [0.15, 0.2) is 54.9 Å². The van der Waals surface area contributed by atoms with Crippen molar-refractivity contribution in [3.63, 3.8) is 0 Å². The first-order valence-corrected chi connectivity index (χ1v) is 9.76. The number of carbonyl (C=O) groups is 2. The Hall–Kier alpha value is -3.62. The molecule has 0 radical (unpaired) electrons. The predicted octanol–water partition coefficient (Wildman–Crippen LogP) is 4.82. The van der Waals surface area contributed by atoms with Crippen molar-refractivity contribution in [1.29, 1.82) is 0 Å². The first-order valence-electron chi connectivity index (χ1n) is 9.76. The summed E-state index contributed by atoms with van der Waals surface area (Å²) in [6.45, 7) is 2.76. The molecule has 1 unspecified atom stereocenters. The van der Waals surface area contributed by atoms with Crippen LogP contribution in [0, 0.1) is 0 Å². The predicted molar refractivity (Wildman–Crippen MR) is 111 cm³/mol. The fraction of sp³-hybridized carbons (Fsp3) is 0.261. The van der Waals surface area contributed by atoms with E-state index in [0.29, 0.717) is 5.39 Å². The third-order valence-corrected chi connectivity index (χ3v) is 5.20. The van der Waals surface area contributed by atoms with Gasteiger partial charge in [-0.1, -0.05) is 37.3 Å². The molecule has 0 saturated heterocycles. The molecule has 1 atom stereocenters. The van der Waals surface area contributed by atoms with Gasteiger partial charge in [-0.15, -0.1) is 0 Å². The van der Waals surface area contributed by atoms with Gasteiger partial charge in [-0.25, -0.2) is 4.79 Å². The minimum Gasteiger partial charge on any atom is -0.487 e. The van der Waals surface area contributed by atoms with Gasteiger partial charge in [0.05, 0.1) is 11.1 Å². The van der Waals surface area contributed by atoms with E-state index in [1.54, 1.807) is 37.3 Å². The SMILES string of the molecule is CCC(C)(NC(=O)c1ccc2ccccc2c1OCc1cncc(C(F)(F)F)c1)C(=O)O. The van der Waals surface area contributed by atoms with E-state index < -0.39 is 29.2 Å². The van der Waals surface area contributed by atoms with Crippen molar-refractivity contribution >= 4 is 22.6 Å². The van der Waals surface area contributed by atoms with E-state index in [4.69, 9.17) is 4.74 Å². The Kier molecular flexibility index (Phi) is 6.38. The summed E-state index contributed by atoms with van der Waals surface area (Å²) in [5.74, 6) is -1.71. The standard InChI is InChI=1S/C23H21F3N2O4/c1-3-22(2,21(30)31)28-20(29)18-9-8-15-6-4-5-7-17(15)19(18)32-13-14-10-16(12-27-11-14)23(24,25)26/h4-12H,3,13H2,1-2H3,(H,28,29)(H,30,31).